The SMILES string of the molecule is O=C1Nc2cc(CO)cnc2N2CCC12. The smallest absolute Gasteiger partial charge is 0.247 e. The van der Waals surface area contributed by atoms with E-state index < -0.39 is 0 Å². The Morgan fingerprint density at radius 3 is 3.20 bits per heavy atom. The zero-order valence-electron chi connectivity index (χ0n) is 8.10. The molecule has 15 heavy (non-hydrogen) atoms. The molecule has 1 atom stereocenters. The molecule has 1 fully saturated rings. The van der Waals surface area contributed by atoms with Gasteiger partial charge < -0.3 is 15.3 Å². The largest absolute Gasteiger partial charge is 0.392 e. The third-order valence-electron chi connectivity index (χ3n) is 2.96. The molecule has 5 nitrogen and oxygen atoms in total. The molecule has 1 aromatic rings. The van der Waals surface area contributed by atoms with Crippen LogP contribution in [-0.4, -0.2) is 28.6 Å². The van der Waals surface area contributed by atoms with Gasteiger partial charge >= 0.3 is 0 Å². The van der Waals surface area contributed by atoms with Gasteiger partial charge in [-0.15, -0.1) is 0 Å². The number of nitrogens with one attached hydrogen (secondary N) is 1. The summed E-state index contributed by atoms with van der Waals surface area (Å²) in [4.78, 5) is 17.8. The van der Waals surface area contributed by atoms with Gasteiger partial charge in [-0.3, -0.25) is 4.79 Å². The summed E-state index contributed by atoms with van der Waals surface area (Å²) >= 11 is 0. The van der Waals surface area contributed by atoms with Gasteiger partial charge in [-0.2, -0.15) is 0 Å². The molecule has 0 aliphatic carbocycles. The van der Waals surface area contributed by atoms with Crippen LogP contribution in [-0.2, 0) is 11.4 Å². The lowest BCUT2D eigenvalue weighted by molar-refractivity contribution is -0.118. The van der Waals surface area contributed by atoms with E-state index in [0.717, 1.165) is 18.8 Å². The number of aliphatic hydroxyl groups is 1. The van der Waals surface area contributed by atoms with E-state index >= 15 is 0 Å². The highest BCUT2D eigenvalue weighted by molar-refractivity contribution is 6.04. The van der Waals surface area contributed by atoms with Gasteiger partial charge in [-0.05, 0) is 18.1 Å². The van der Waals surface area contributed by atoms with Crippen molar-refractivity contribution in [2.75, 3.05) is 16.8 Å². The van der Waals surface area contributed by atoms with Crippen molar-refractivity contribution in [2.24, 2.45) is 0 Å². The number of rotatable bonds is 1. The van der Waals surface area contributed by atoms with Crippen molar-refractivity contribution >= 4 is 17.4 Å². The normalized spacial score (nSPS) is 22.6. The highest BCUT2D eigenvalue weighted by Crippen LogP contribution is 2.36. The Labute approximate surface area is 86.7 Å². The number of aromatic nitrogens is 1. The molecule has 78 valence electrons. The topological polar surface area (TPSA) is 65.5 Å². The molecular weight excluding hydrogens is 194 g/mol. The van der Waals surface area contributed by atoms with E-state index in [1.165, 1.54) is 0 Å². The first kappa shape index (κ1) is 8.67. The predicted octanol–water partition coefficient (Wildman–Crippen LogP) is 0.105. The molecular formula is C10H11N3O2. The molecule has 1 aromatic heterocycles. The van der Waals surface area contributed by atoms with Crippen LogP contribution in [0.25, 0.3) is 0 Å². The summed E-state index contributed by atoms with van der Waals surface area (Å²) in [6.45, 7) is 0.830. The van der Waals surface area contributed by atoms with E-state index in [4.69, 9.17) is 5.11 Å². The van der Waals surface area contributed by atoms with Crippen LogP contribution in [0.5, 0.6) is 0 Å². The summed E-state index contributed by atoms with van der Waals surface area (Å²) in [7, 11) is 0. The molecule has 5 heteroatoms. The fraction of sp³-hybridized carbons (Fsp3) is 0.400. The molecule has 0 spiro atoms. The summed E-state index contributed by atoms with van der Waals surface area (Å²) in [6, 6.07) is 1.74. The summed E-state index contributed by atoms with van der Waals surface area (Å²) in [5.74, 6) is 0.855. The fourth-order valence-electron chi connectivity index (χ4n) is 2.04. The highest BCUT2D eigenvalue weighted by Gasteiger charge is 2.40. The van der Waals surface area contributed by atoms with Gasteiger partial charge in [0.05, 0.1) is 12.3 Å². The van der Waals surface area contributed by atoms with Crippen LogP contribution >= 0.6 is 0 Å². The lowest BCUT2D eigenvalue weighted by Gasteiger charge is -2.44. The standard InChI is InChI=1S/C10H11N3O2/c14-5-6-3-7-9(11-4-6)13-2-1-8(13)10(15)12-7/h3-4,8,14H,1-2,5H2,(H,12,15). The second-order valence-electron chi connectivity index (χ2n) is 3.86. The average molecular weight is 205 g/mol. The minimum atomic E-state index is -0.0560. The maximum Gasteiger partial charge on any atom is 0.247 e. The van der Waals surface area contributed by atoms with E-state index in [9.17, 15) is 4.79 Å². The second kappa shape index (κ2) is 2.93. The third kappa shape index (κ3) is 1.13. The first-order valence-electron chi connectivity index (χ1n) is 4.97. The average Bonchev–Trinajstić information content (AvgIpc) is 2.17. The zero-order chi connectivity index (χ0) is 10.4. The summed E-state index contributed by atoms with van der Waals surface area (Å²) < 4.78 is 0. The van der Waals surface area contributed by atoms with E-state index in [1.807, 2.05) is 4.90 Å². The molecule has 0 saturated carbocycles. The van der Waals surface area contributed by atoms with Crippen LogP contribution in [0.1, 0.15) is 12.0 Å². The number of aliphatic hydroxyl groups excluding tert-OH is 1. The number of fused-ring (bicyclic) bond motifs is 3. The van der Waals surface area contributed by atoms with Gasteiger partial charge in [0, 0.05) is 12.7 Å². The van der Waals surface area contributed by atoms with E-state index in [1.54, 1.807) is 12.3 Å². The lowest BCUT2D eigenvalue weighted by atomic mass is 9.99. The van der Waals surface area contributed by atoms with Gasteiger partial charge in [0.25, 0.3) is 0 Å². The fourth-order valence-corrected chi connectivity index (χ4v) is 2.04. The Bertz CT molecular complexity index is 433. The van der Waals surface area contributed by atoms with E-state index in [0.29, 0.717) is 11.3 Å². The molecule has 3 heterocycles. The minimum Gasteiger partial charge on any atom is -0.392 e. The molecule has 1 amide bonds. The first-order chi connectivity index (χ1) is 7.29. The molecule has 0 radical (unpaired) electrons. The van der Waals surface area contributed by atoms with Gasteiger partial charge in [0.2, 0.25) is 5.91 Å². The van der Waals surface area contributed by atoms with Crippen molar-refractivity contribution in [3.05, 3.63) is 17.8 Å². The van der Waals surface area contributed by atoms with Crippen molar-refractivity contribution in [3.8, 4) is 0 Å². The monoisotopic (exact) mass is 205 g/mol. The van der Waals surface area contributed by atoms with Crippen molar-refractivity contribution in [1.29, 1.82) is 0 Å². The van der Waals surface area contributed by atoms with Gasteiger partial charge in [0.1, 0.15) is 6.04 Å². The van der Waals surface area contributed by atoms with Crippen LogP contribution < -0.4 is 10.2 Å². The maximum atomic E-state index is 11.6. The van der Waals surface area contributed by atoms with Crippen molar-refractivity contribution < 1.29 is 9.90 Å². The number of hydrogen-bond acceptors (Lipinski definition) is 4. The van der Waals surface area contributed by atoms with Crippen LogP contribution in [0.3, 0.4) is 0 Å². The van der Waals surface area contributed by atoms with Crippen LogP contribution in [0.15, 0.2) is 12.3 Å². The second-order valence-corrected chi connectivity index (χ2v) is 3.86. The molecule has 0 bridgehead atoms. The molecule has 0 aromatic carbocycles. The Morgan fingerprint density at radius 2 is 2.53 bits per heavy atom. The predicted molar refractivity (Wildman–Crippen MR) is 54.5 cm³/mol. The van der Waals surface area contributed by atoms with Gasteiger partial charge in [-0.25, -0.2) is 4.98 Å². The summed E-state index contributed by atoms with van der Waals surface area (Å²) in [5, 5.41) is 11.8. The lowest BCUT2D eigenvalue weighted by Crippen LogP contribution is -2.57. The molecule has 2 aliphatic rings. The number of hydrogen-bond donors (Lipinski definition) is 2. The molecule has 2 aliphatic heterocycles. The Hall–Kier alpha value is -1.62. The summed E-state index contributed by atoms with van der Waals surface area (Å²) in [6.07, 6.45) is 2.54. The number of anilines is 2. The summed E-state index contributed by atoms with van der Waals surface area (Å²) in [5.41, 5.74) is 1.43. The van der Waals surface area contributed by atoms with Gasteiger partial charge in [0.15, 0.2) is 5.82 Å². The molecule has 1 saturated heterocycles. The number of carbonyl (C=O) groups excluding carboxylic acids is 1. The van der Waals surface area contributed by atoms with Crippen LogP contribution in [0, 0.1) is 0 Å². The Balaban J connectivity index is 2.05. The molecule has 1 unspecified atom stereocenters. The maximum absolute atomic E-state index is 11.6. The van der Waals surface area contributed by atoms with Gasteiger partial charge in [-0.1, -0.05) is 0 Å². The van der Waals surface area contributed by atoms with E-state index in [2.05, 4.69) is 10.3 Å². The molecule has 2 N–H and O–H groups in total. The van der Waals surface area contributed by atoms with Crippen molar-refractivity contribution in [1.82, 2.24) is 4.98 Å². The number of amides is 1. The van der Waals surface area contributed by atoms with E-state index in [-0.39, 0.29) is 18.6 Å². The Morgan fingerprint density at radius 1 is 1.67 bits per heavy atom. The van der Waals surface area contributed by atoms with Crippen LogP contribution in [0.2, 0.25) is 0 Å². The number of nitrogens with zero attached hydrogens (tertiary/aromatic N) is 2. The number of carbonyl (C=O) groups is 1. The minimum absolute atomic E-state index is 0.0330. The van der Waals surface area contributed by atoms with Crippen LogP contribution in [0.4, 0.5) is 11.5 Å². The first-order valence-corrected chi connectivity index (χ1v) is 4.97. The number of pyridine rings is 1. The van der Waals surface area contributed by atoms with Crippen molar-refractivity contribution in [2.45, 2.75) is 19.1 Å². The molecule has 3 rings (SSSR count). The quantitative estimate of drug-likeness (QED) is 0.682. The third-order valence-corrected chi connectivity index (χ3v) is 2.96. The Kier molecular flexibility index (Phi) is 1.70. The van der Waals surface area contributed by atoms with Crippen molar-refractivity contribution in [3.63, 3.8) is 0 Å². The highest BCUT2D eigenvalue weighted by atomic mass is 16.3. The zero-order valence-corrected chi connectivity index (χ0v) is 8.10.